The van der Waals surface area contributed by atoms with Crippen molar-refractivity contribution < 1.29 is 0 Å². The van der Waals surface area contributed by atoms with Gasteiger partial charge in [-0.05, 0) is 32.6 Å². The number of likely N-dealkylation sites (N-methyl/N-ethyl adjacent to an activating group) is 1. The second-order valence-corrected chi connectivity index (χ2v) is 5.08. The van der Waals surface area contributed by atoms with Crippen LogP contribution < -0.4 is 0 Å². The molecule has 0 spiro atoms. The summed E-state index contributed by atoms with van der Waals surface area (Å²) in [6, 6.07) is 4.18. The number of hydrogen-bond acceptors (Lipinski definition) is 3. The molecule has 0 fully saturated rings. The molecule has 0 saturated carbocycles. The fourth-order valence-corrected chi connectivity index (χ4v) is 2.00. The highest BCUT2D eigenvalue weighted by atomic mass is 15.1. The highest BCUT2D eigenvalue weighted by molar-refractivity contribution is 5.58. The van der Waals surface area contributed by atoms with E-state index >= 15 is 0 Å². The van der Waals surface area contributed by atoms with Gasteiger partial charge in [0.05, 0.1) is 11.9 Å². The third kappa shape index (κ3) is 3.89. The van der Waals surface area contributed by atoms with Gasteiger partial charge < -0.3 is 9.88 Å². The van der Waals surface area contributed by atoms with Crippen molar-refractivity contribution in [3.05, 3.63) is 36.0 Å². The Morgan fingerprint density at radius 3 is 2.79 bits per heavy atom. The minimum absolute atomic E-state index is 0.944. The first-order chi connectivity index (χ1) is 9.19. The number of H-pyrrole nitrogens is 1. The number of aryl methyl sites for hydroxylation is 1. The van der Waals surface area contributed by atoms with Crippen molar-refractivity contribution in [2.75, 3.05) is 20.6 Å². The molecule has 0 aromatic carbocycles. The van der Waals surface area contributed by atoms with Crippen LogP contribution in [0.1, 0.15) is 24.9 Å². The number of nitrogens with zero attached hydrogens (tertiary/aromatic N) is 3. The van der Waals surface area contributed by atoms with Crippen LogP contribution in [0.3, 0.4) is 0 Å². The van der Waals surface area contributed by atoms with Crippen molar-refractivity contribution in [1.82, 2.24) is 19.9 Å². The van der Waals surface area contributed by atoms with E-state index in [0.717, 1.165) is 43.0 Å². The largest absolute Gasteiger partial charge is 0.342 e. The summed E-state index contributed by atoms with van der Waals surface area (Å²) in [5.74, 6) is 1.04. The topological polar surface area (TPSA) is 44.8 Å². The normalized spacial score (nSPS) is 11.2. The first-order valence-electron chi connectivity index (χ1n) is 6.83. The fraction of sp³-hybridized carbons (Fsp3) is 0.467. The van der Waals surface area contributed by atoms with Crippen LogP contribution in [0, 0.1) is 0 Å². The molecule has 0 radical (unpaired) electrons. The van der Waals surface area contributed by atoms with E-state index in [2.05, 4.69) is 46.9 Å². The minimum atomic E-state index is 0.944. The number of aromatic amines is 1. The molecule has 0 saturated heterocycles. The predicted octanol–water partition coefficient (Wildman–Crippen LogP) is 2.53. The van der Waals surface area contributed by atoms with Gasteiger partial charge in [-0.1, -0.05) is 13.3 Å². The van der Waals surface area contributed by atoms with E-state index in [0.29, 0.717) is 0 Å². The molecule has 4 nitrogen and oxygen atoms in total. The van der Waals surface area contributed by atoms with Crippen LogP contribution in [-0.4, -0.2) is 40.5 Å². The Morgan fingerprint density at radius 2 is 2.05 bits per heavy atom. The van der Waals surface area contributed by atoms with Gasteiger partial charge in [0.1, 0.15) is 5.82 Å². The lowest BCUT2D eigenvalue weighted by atomic mass is 10.1. The molecule has 19 heavy (non-hydrogen) atoms. The van der Waals surface area contributed by atoms with Gasteiger partial charge in [-0.15, -0.1) is 0 Å². The number of imidazole rings is 1. The lowest BCUT2D eigenvalue weighted by Gasteiger charge is -2.06. The third-order valence-electron chi connectivity index (χ3n) is 3.06. The Balaban J connectivity index is 2.11. The predicted molar refractivity (Wildman–Crippen MR) is 78.1 cm³/mol. The fourth-order valence-electron chi connectivity index (χ4n) is 2.00. The van der Waals surface area contributed by atoms with Gasteiger partial charge in [0.25, 0.3) is 0 Å². The van der Waals surface area contributed by atoms with Crippen LogP contribution in [0.4, 0.5) is 0 Å². The van der Waals surface area contributed by atoms with Gasteiger partial charge in [0, 0.05) is 30.4 Å². The zero-order chi connectivity index (χ0) is 13.7. The maximum absolute atomic E-state index is 4.44. The molecule has 0 atom stereocenters. The van der Waals surface area contributed by atoms with E-state index in [-0.39, 0.29) is 0 Å². The van der Waals surface area contributed by atoms with Crippen molar-refractivity contribution in [1.29, 1.82) is 0 Å². The van der Waals surface area contributed by atoms with Crippen molar-refractivity contribution in [2.24, 2.45) is 0 Å². The summed E-state index contributed by atoms with van der Waals surface area (Å²) in [7, 11) is 4.15. The van der Waals surface area contributed by atoms with E-state index < -0.39 is 0 Å². The van der Waals surface area contributed by atoms with E-state index in [1.54, 1.807) is 0 Å². The molecule has 2 aromatic rings. The van der Waals surface area contributed by atoms with E-state index in [9.17, 15) is 0 Å². The number of nitrogens with one attached hydrogen (secondary N) is 1. The third-order valence-corrected chi connectivity index (χ3v) is 3.06. The Kier molecular flexibility index (Phi) is 4.68. The summed E-state index contributed by atoms with van der Waals surface area (Å²) in [5, 5.41) is 0. The van der Waals surface area contributed by atoms with Crippen LogP contribution >= 0.6 is 0 Å². The molecular weight excluding hydrogens is 236 g/mol. The van der Waals surface area contributed by atoms with Crippen molar-refractivity contribution >= 4 is 0 Å². The monoisotopic (exact) mass is 258 g/mol. The van der Waals surface area contributed by atoms with Crippen molar-refractivity contribution in [3.63, 3.8) is 0 Å². The summed E-state index contributed by atoms with van der Waals surface area (Å²) in [4.78, 5) is 14.4. The lowest BCUT2D eigenvalue weighted by Crippen LogP contribution is -2.15. The van der Waals surface area contributed by atoms with Gasteiger partial charge in [0.15, 0.2) is 0 Å². The van der Waals surface area contributed by atoms with Gasteiger partial charge in [-0.25, -0.2) is 4.98 Å². The van der Waals surface area contributed by atoms with E-state index in [1.165, 1.54) is 5.56 Å². The van der Waals surface area contributed by atoms with Gasteiger partial charge in [-0.3, -0.25) is 4.98 Å². The Labute approximate surface area is 114 Å². The van der Waals surface area contributed by atoms with Crippen molar-refractivity contribution in [2.45, 2.75) is 26.2 Å². The van der Waals surface area contributed by atoms with Crippen LogP contribution in [0.5, 0.6) is 0 Å². The molecular formula is C15H22N4. The average Bonchev–Trinajstić information content (AvgIpc) is 2.86. The molecule has 102 valence electrons. The molecule has 0 amide bonds. The number of pyridine rings is 1. The molecule has 0 aliphatic heterocycles. The van der Waals surface area contributed by atoms with Crippen molar-refractivity contribution in [3.8, 4) is 11.3 Å². The molecule has 2 rings (SSSR count). The molecule has 0 bridgehead atoms. The van der Waals surface area contributed by atoms with E-state index in [1.807, 2.05) is 18.5 Å². The zero-order valence-electron chi connectivity index (χ0n) is 12.0. The smallest absolute Gasteiger partial charge is 0.107 e. The summed E-state index contributed by atoms with van der Waals surface area (Å²) in [6.07, 6.45) is 6.87. The number of aromatic nitrogens is 3. The van der Waals surface area contributed by atoms with Gasteiger partial charge in [0.2, 0.25) is 0 Å². The molecule has 2 heterocycles. The van der Waals surface area contributed by atoms with E-state index in [4.69, 9.17) is 0 Å². The first-order valence-corrected chi connectivity index (χ1v) is 6.83. The Morgan fingerprint density at radius 1 is 1.21 bits per heavy atom. The Bertz CT molecular complexity index is 516. The average molecular weight is 258 g/mol. The minimum Gasteiger partial charge on any atom is -0.342 e. The molecule has 0 aliphatic rings. The zero-order valence-corrected chi connectivity index (χ0v) is 12.0. The summed E-state index contributed by atoms with van der Waals surface area (Å²) >= 11 is 0. The maximum atomic E-state index is 4.44. The van der Waals surface area contributed by atoms with Crippen LogP contribution in [0.25, 0.3) is 11.3 Å². The SMILES string of the molecule is CCCc1cc(-c2cnc(CCN(C)C)[nH]2)ccn1. The summed E-state index contributed by atoms with van der Waals surface area (Å²) in [6.45, 7) is 3.17. The lowest BCUT2D eigenvalue weighted by molar-refractivity contribution is 0.410. The molecule has 0 aliphatic carbocycles. The van der Waals surface area contributed by atoms with Gasteiger partial charge >= 0.3 is 0 Å². The number of hydrogen-bond donors (Lipinski definition) is 1. The summed E-state index contributed by atoms with van der Waals surface area (Å²) in [5.41, 5.74) is 3.39. The molecule has 2 aromatic heterocycles. The highest BCUT2D eigenvalue weighted by Gasteiger charge is 2.05. The molecule has 4 heteroatoms. The van der Waals surface area contributed by atoms with Crippen LogP contribution in [-0.2, 0) is 12.8 Å². The second kappa shape index (κ2) is 6.48. The maximum Gasteiger partial charge on any atom is 0.107 e. The Hall–Kier alpha value is -1.68. The van der Waals surface area contributed by atoms with Crippen LogP contribution in [0.15, 0.2) is 24.5 Å². The number of rotatable bonds is 6. The highest BCUT2D eigenvalue weighted by Crippen LogP contribution is 2.18. The molecule has 1 N–H and O–H groups in total. The van der Waals surface area contributed by atoms with Crippen LogP contribution in [0.2, 0.25) is 0 Å². The summed E-state index contributed by atoms with van der Waals surface area (Å²) < 4.78 is 0. The first kappa shape index (κ1) is 13.7. The molecule has 0 unspecified atom stereocenters. The second-order valence-electron chi connectivity index (χ2n) is 5.08. The quantitative estimate of drug-likeness (QED) is 0.866. The van der Waals surface area contributed by atoms with Gasteiger partial charge in [-0.2, -0.15) is 0 Å². The standard InChI is InChI=1S/C15H22N4/c1-4-5-13-10-12(6-8-16-13)14-11-17-15(18-14)7-9-19(2)3/h6,8,10-11H,4-5,7,9H2,1-3H3,(H,17,18).